The van der Waals surface area contributed by atoms with Crippen LogP contribution in [0.5, 0.6) is 0 Å². The minimum atomic E-state index is -0.539. The van der Waals surface area contributed by atoms with Crippen molar-refractivity contribution >= 4 is 23.1 Å². The van der Waals surface area contributed by atoms with Gasteiger partial charge in [-0.3, -0.25) is 9.48 Å². The van der Waals surface area contributed by atoms with Crippen LogP contribution in [0, 0.1) is 0 Å². The molecule has 1 amide bonds. The number of thiocarbonyl (C=S) groups is 1. The maximum Gasteiger partial charge on any atom is 0.255 e. The Morgan fingerprint density at radius 2 is 1.95 bits per heavy atom. The Morgan fingerprint density at radius 1 is 1.35 bits per heavy atom. The van der Waals surface area contributed by atoms with Gasteiger partial charge in [0.15, 0.2) is 0 Å². The average Bonchev–Trinajstić information content (AvgIpc) is 2.79. The van der Waals surface area contributed by atoms with Gasteiger partial charge < -0.3 is 11.1 Å². The van der Waals surface area contributed by atoms with E-state index in [1.54, 1.807) is 24.1 Å². The van der Waals surface area contributed by atoms with E-state index >= 15 is 0 Å². The smallest absolute Gasteiger partial charge is 0.255 e. The lowest BCUT2D eigenvalue weighted by Crippen LogP contribution is -2.56. The third-order valence-electron chi connectivity index (χ3n) is 4.00. The standard InChI is InChI=1S/C14H22N4OS/c1-18-10-11(9-16-18)12(19)17-14(13(15)20)7-5-3-2-4-6-8-14/h9-10H,2-8H2,1H3,(H2,15,20)(H,17,19). The molecule has 1 aromatic heterocycles. The van der Waals surface area contributed by atoms with E-state index in [0.29, 0.717) is 10.6 Å². The molecule has 0 atom stereocenters. The Kier molecular flexibility index (Phi) is 4.75. The summed E-state index contributed by atoms with van der Waals surface area (Å²) in [5, 5.41) is 7.09. The average molecular weight is 294 g/mol. The van der Waals surface area contributed by atoms with E-state index in [4.69, 9.17) is 18.0 Å². The van der Waals surface area contributed by atoms with Gasteiger partial charge in [0.05, 0.1) is 22.3 Å². The molecule has 1 fully saturated rings. The number of carbonyl (C=O) groups is 1. The van der Waals surface area contributed by atoms with Crippen molar-refractivity contribution in [2.75, 3.05) is 0 Å². The lowest BCUT2D eigenvalue weighted by atomic mass is 9.83. The normalized spacial score (nSPS) is 18.9. The van der Waals surface area contributed by atoms with Crippen molar-refractivity contribution in [3.63, 3.8) is 0 Å². The zero-order valence-corrected chi connectivity index (χ0v) is 12.7. The molecule has 0 bridgehead atoms. The van der Waals surface area contributed by atoms with E-state index in [1.165, 1.54) is 19.3 Å². The van der Waals surface area contributed by atoms with Crippen molar-refractivity contribution in [1.29, 1.82) is 0 Å². The summed E-state index contributed by atoms with van der Waals surface area (Å²) < 4.78 is 1.61. The van der Waals surface area contributed by atoms with Gasteiger partial charge in [0.2, 0.25) is 0 Å². The van der Waals surface area contributed by atoms with Gasteiger partial charge in [0.25, 0.3) is 5.91 Å². The third-order valence-corrected chi connectivity index (χ3v) is 4.39. The first-order valence-corrected chi connectivity index (χ1v) is 7.55. The highest BCUT2D eigenvalue weighted by Gasteiger charge is 2.35. The number of aryl methyl sites for hydroxylation is 1. The number of hydrogen-bond donors (Lipinski definition) is 2. The summed E-state index contributed by atoms with van der Waals surface area (Å²) >= 11 is 5.25. The molecule has 1 saturated carbocycles. The zero-order valence-electron chi connectivity index (χ0n) is 11.9. The molecule has 0 aliphatic heterocycles. The molecule has 0 radical (unpaired) electrons. The SMILES string of the molecule is Cn1cc(C(=O)NC2(C(N)=S)CCCCCCC2)cn1. The van der Waals surface area contributed by atoms with Crippen LogP contribution in [0.25, 0.3) is 0 Å². The Bertz CT molecular complexity index is 489. The number of rotatable bonds is 3. The summed E-state index contributed by atoms with van der Waals surface area (Å²) in [6.45, 7) is 0. The van der Waals surface area contributed by atoms with Gasteiger partial charge in [-0.25, -0.2) is 0 Å². The molecule has 0 aromatic carbocycles. The molecule has 110 valence electrons. The zero-order chi connectivity index (χ0) is 14.6. The van der Waals surface area contributed by atoms with Gasteiger partial charge in [0, 0.05) is 13.2 Å². The van der Waals surface area contributed by atoms with Gasteiger partial charge in [0.1, 0.15) is 0 Å². The number of nitrogens with zero attached hydrogens (tertiary/aromatic N) is 2. The molecule has 20 heavy (non-hydrogen) atoms. The molecule has 1 heterocycles. The predicted molar refractivity (Wildman–Crippen MR) is 82.5 cm³/mol. The minimum Gasteiger partial charge on any atom is -0.391 e. The molecule has 3 N–H and O–H groups in total. The first kappa shape index (κ1) is 15.0. The number of hydrogen-bond acceptors (Lipinski definition) is 3. The number of amides is 1. The van der Waals surface area contributed by atoms with Gasteiger partial charge in [-0.1, -0.05) is 44.3 Å². The summed E-state index contributed by atoms with van der Waals surface area (Å²) in [7, 11) is 1.79. The largest absolute Gasteiger partial charge is 0.391 e. The van der Waals surface area contributed by atoms with Crippen LogP contribution in [0.1, 0.15) is 55.3 Å². The summed E-state index contributed by atoms with van der Waals surface area (Å²) in [5.74, 6) is -0.147. The number of nitrogens with two attached hydrogens (primary N) is 1. The Morgan fingerprint density at radius 3 is 2.45 bits per heavy atom. The van der Waals surface area contributed by atoms with Crippen LogP contribution in [0.3, 0.4) is 0 Å². The van der Waals surface area contributed by atoms with Crippen LogP contribution < -0.4 is 11.1 Å². The van der Waals surface area contributed by atoms with Crippen molar-refractivity contribution in [2.24, 2.45) is 12.8 Å². The topological polar surface area (TPSA) is 72.9 Å². The second-order valence-corrected chi connectivity index (χ2v) is 6.01. The van der Waals surface area contributed by atoms with Crippen molar-refractivity contribution in [1.82, 2.24) is 15.1 Å². The van der Waals surface area contributed by atoms with E-state index in [-0.39, 0.29) is 5.91 Å². The molecule has 0 saturated heterocycles. The quantitative estimate of drug-likeness (QED) is 0.835. The molecular formula is C14H22N4OS. The lowest BCUT2D eigenvalue weighted by molar-refractivity contribution is 0.0913. The number of aromatic nitrogens is 2. The maximum atomic E-state index is 12.4. The Balaban J connectivity index is 2.15. The molecule has 0 unspecified atom stereocenters. The number of nitrogens with one attached hydrogen (secondary N) is 1. The fraction of sp³-hybridized carbons (Fsp3) is 0.643. The lowest BCUT2D eigenvalue weighted by Gasteiger charge is -2.35. The van der Waals surface area contributed by atoms with Crippen LogP contribution >= 0.6 is 12.2 Å². The molecular weight excluding hydrogens is 272 g/mol. The van der Waals surface area contributed by atoms with Crippen LogP contribution in [0.15, 0.2) is 12.4 Å². The monoisotopic (exact) mass is 294 g/mol. The van der Waals surface area contributed by atoms with Crippen molar-refractivity contribution in [3.05, 3.63) is 18.0 Å². The maximum absolute atomic E-state index is 12.4. The van der Waals surface area contributed by atoms with Crippen molar-refractivity contribution < 1.29 is 4.79 Å². The molecule has 5 nitrogen and oxygen atoms in total. The van der Waals surface area contributed by atoms with Gasteiger partial charge in [-0.15, -0.1) is 0 Å². The summed E-state index contributed by atoms with van der Waals surface area (Å²) in [4.78, 5) is 12.8. The second-order valence-electron chi connectivity index (χ2n) is 5.57. The molecule has 1 aliphatic rings. The van der Waals surface area contributed by atoms with Gasteiger partial charge in [-0.2, -0.15) is 5.10 Å². The molecule has 6 heteroatoms. The fourth-order valence-corrected chi connectivity index (χ4v) is 3.03. The fourth-order valence-electron chi connectivity index (χ4n) is 2.77. The highest BCUT2D eigenvalue weighted by Crippen LogP contribution is 2.27. The minimum absolute atomic E-state index is 0.147. The second kappa shape index (κ2) is 6.35. The van der Waals surface area contributed by atoms with Crippen LogP contribution in [0.2, 0.25) is 0 Å². The highest BCUT2D eigenvalue weighted by atomic mass is 32.1. The van der Waals surface area contributed by atoms with Crippen LogP contribution in [-0.4, -0.2) is 26.2 Å². The van der Waals surface area contributed by atoms with E-state index < -0.39 is 5.54 Å². The summed E-state index contributed by atoms with van der Waals surface area (Å²) in [6.07, 6.45) is 10.6. The van der Waals surface area contributed by atoms with Crippen molar-refractivity contribution in [2.45, 2.75) is 50.5 Å². The van der Waals surface area contributed by atoms with E-state index in [9.17, 15) is 4.79 Å². The molecule has 0 spiro atoms. The summed E-state index contributed by atoms with van der Waals surface area (Å²) in [5.41, 5.74) is 5.96. The third kappa shape index (κ3) is 3.36. The Labute approximate surface area is 124 Å². The summed E-state index contributed by atoms with van der Waals surface area (Å²) in [6, 6.07) is 0. The first-order valence-electron chi connectivity index (χ1n) is 7.14. The number of carbonyl (C=O) groups excluding carboxylic acids is 1. The Hall–Kier alpha value is -1.43. The molecule has 1 aromatic rings. The van der Waals surface area contributed by atoms with Crippen molar-refractivity contribution in [3.8, 4) is 0 Å². The molecule has 1 aliphatic carbocycles. The van der Waals surface area contributed by atoms with E-state index in [1.807, 2.05) is 0 Å². The first-order chi connectivity index (χ1) is 9.53. The van der Waals surface area contributed by atoms with Gasteiger partial charge in [-0.05, 0) is 12.8 Å². The molecule has 2 rings (SSSR count). The van der Waals surface area contributed by atoms with Crippen LogP contribution in [-0.2, 0) is 7.05 Å². The van der Waals surface area contributed by atoms with Crippen LogP contribution in [0.4, 0.5) is 0 Å². The highest BCUT2D eigenvalue weighted by molar-refractivity contribution is 7.80. The van der Waals surface area contributed by atoms with Gasteiger partial charge >= 0.3 is 0 Å². The predicted octanol–water partition coefficient (Wildman–Crippen LogP) is 1.92. The van der Waals surface area contributed by atoms with E-state index in [0.717, 1.165) is 25.7 Å². The van der Waals surface area contributed by atoms with E-state index in [2.05, 4.69) is 10.4 Å².